The number of rotatable bonds is 7. The van der Waals surface area contributed by atoms with Crippen molar-refractivity contribution >= 4 is 15.9 Å². The van der Waals surface area contributed by atoms with Gasteiger partial charge in [0.05, 0.1) is 24.2 Å². The predicted octanol–water partition coefficient (Wildman–Crippen LogP) is 2.34. The number of aromatic nitrogens is 1. The standard InChI is InChI=1S/C20H25N3O4S/c1-27-18-8-10-19(11-9-18)28(25,26)23-13-5-3-7-17(23)14-20(24)22-15-16-6-2-4-12-21-16/h2,4,6,8-12,17H,3,5,7,13-15H2,1H3,(H,22,24)/t17-/m1/s1. The van der Waals surface area contributed by atoms with Gasteiger partial charge in [0.25, 0.3) is 0 Å². The van der Waals surface area contributed by atoms with E-state index in [0.717, 1.165) is 18.5 Å². The zero-order valence-corrected chi connectivity index (χ0v) is 16.7. The number of nitrogens with zero attached hydrogens (tertiary/aromatic N) is 2. The van der Waals surface area contributed by atoms with Crippen molar-refractivity contribution in [3.8, 4) is 5.75 Å². The Labute approximate surface area is 165 Å². The van der Waals surface area contributed by atoms with Gasteiger partial charge in [-0.25, -0.2) is 8.42 Å². The molecule has 1 aromatic carbocycles. The second-order valence-corrected chi connectivity index (χ2v) is 8.63. The predicted molar refractivity (Wildman–Crippen MR) is 105 cm³/mol. The Morgan fingerprint density at radius 1 is 1.21 bits per heavy atom. The van der Waals surface area contributed by atoms with Gasteiger partial charge in [-0.05, 0) is 49.2 Å². The van der Waals surface area contributed by atoms with Gasteiger partial charge in [0.1, 0.15) is 5.75 Å². The van der Waals surface area contributed by atoms with Gasteiger partial charge in [-0.2, -0.15) is 4.31 Å². The molecule has 0 spiro atoms. The summed E-state index contributed by atoms with van der Waals surface area (Å²) in [5.74, 6) is 0.426. The summed E-state index contributed by atoms with van der Waals surface area (Å²) in [7, 11) is -2.13. The second-order valence-electron chi connectivity index (χ2n) is 6.74. The Balaban J connectivity index is 1.67. The van der Waals surface area contributed by atoms with Gasteiger partial charge in [0.15, 0.2) is 0 Å². The molecular formula is C20H25N3O4S. The summed E-state index contributed by atoms with van der Waals surface area (Å²) in [6.45, 7) is 0.754. The van der Waals surface area contributed by atoms with Crippen molar-refractivity contribution < 1.29 is 17.9 Å². The normalized spacial score (nSPS) is 17.8. The number of ether oxygens (including phenoxy) is 1. The first-order valence-electron chi connectivity index (χ1n) is 9.33. The van der Waals surface area contributed by atoms with Crippen molar-refractivity contribution in [3.63, 3.8) is 0 Å². The molecule has 0 radical (unpaired) electrons. The molecule has 0 aliphatic carbocycles. The van der Waals surface area contributed by atoms with Crippen LogP contribution >= 0.6 is 0 Å². The van der Waals surface area contributed by atoms with Crippen LogP contribution in [0, 0.1) is 0 Å². The SMILES string of the molecule is COc1ccc(S(=O)(=O)N2CCCC[C@@H]2CC(=O)NCc2ccccn2)cc1. The Bertz CT molecular complexity index is 885. The fraction of sp³-hybridized carbons (Fsp3) is 0.400. The van der Waals surface area contributed by atoms with Crippen LogP contribution in [0.15, 0.2) is 53.6 Å². The van der Waals surface area contributed by atoms with E-state index in [9.17, 15) is 13.2 Å². The van der Waals surface area contributed by atoms with E-state index in [2.05, 4.69) is 10.3 Å². The molecule has 1 fully saturated rings. The number of hydrogen-bond acceptors (Lipinski definition) is 5. The van der Waals surface area contributed by atoms with Crippen LogP contribution in [0.5, 0.6) is 5.75 Å². The van der Waals surface area contributed by atoms with Gasteiger partial charge in [0.2, 0.25) is 15.9 Å². The van der Waals surface area contributed by atoms with Gasteiger partial charge in [-0.1, -0.05) is 12.5 Å². The topological polar surface area (TPSA) is 88.6 Å². The van der Waals surface area contributed by atoms with Crippen LogP contribution < -0.4 is 10.1 Å². The third kappa shape index (κ3) is 4.88. The van der Waals surface area contributed by atoms with Gasteiger partial charge in [-0.15, -0.1) is 0 Å². The van der Waals surface area contributed by atoms with E-state index in [0.29, 0.717) is 25.3 Å². The minimum atomic E-state index is -3.66. The van der Waals surface area contributed by atoms with Crippen molar-refractivity contribution in [2.24, 2.45) is 0 Å². The summed E-state index contributed by atoms with van der Waals surface area (Å²) >= 11 is 0. The van der Waals surface area contributed by atoms with E-state index in [-0.39, 0.29) is 23.3 Å². The van der Waals surface area contributed by atoms with Gasteiger partial charge >= 0.3 is 0 Å². The molecule has 0 unspecified atom stereocenters. The molecular weight excluding hydrogens is 378 g/mol. The van der Waals surface area contributed by atoms with Crippen LogP contribution in [0.1, 0.15) is 31.4 Å². The molecule has 2 aromatic rings. The van der Waals surface area contributed by atoms with E-state index in [4.69, 9.17) is 4.74 Å². The average molecular weight is 404 g/mol. The lowest BCUT2D eigenvalue weighted by atomic mass is 10.0. The molecule has 1 aliphatic heterocycles. The summed E-state index contributed by atoms with van der Waals surface area (Å²) < 4.78 is 32.8. The van der Waals surface area contributed by atoms with Crippen LogP contribution in [-0.2, 0) is 21.4 Å². The number of carbonyl (C=O) groups is 1. The van der Waals surface area contributed by atoms with Crippen molar-refractivity contribution in [1.82, 2.24) is 14.6 Å². The van der Waals surface area contributed by atoms with Crippen LogP contribution in [0.25, 0.3) is 0 Å². The number of pyridine rings is 1. The Morgan fingerprint density at radius 2 is 2.00 bits per heavy atom. The molecule has 1 N–H and O–H groups in total. The Kier molecular flexibility index (Phi) is 6.64. The maximum Gasteiger partial charge on any atom is 0.243 e. The summed E-state index contributed by atoms with van der Waals surface area (Å²) in [4.78, 5) is 16.8. The van der Waals surface area contributed by atoms with E-state index < -0.39 is 10.0 Å². The number of nitrogens with one attached hydrogen (secondary N) is 1. The minimum Gasteiger partial charge on any atom is -0.497 e. The zero-order chi connectivity index (χ0) is 20.0. The fourth-order valence-corrected chi connectivity index (χ4v) is 5.05. The summed E-state index contributed by atoms with van der Waals surface area (Å²) in [5, 5.41) is 2.83. The van der Waals surface area contributed by atoms with Crippen LogP contribution in [0.2, 0.25) is 0 Å². The molecule has 1 atom stereocenters. The highest BCUT2D eigenvalue weighted by Gasteiger charge is 2.34. The monoisotopic (exact) mass is 403 g/mol. The molecule has 0 saturated carbocycles. The maximum absolute atomic E-state index is 13.1. The summed E-state index contributed by atoms with van der Waals surface area (Å²) in [6, 6.07) is 11.5. The molecule has 0 bridgehead atoms. The first kappa shape index (κ1) is 20.3. The molecule has 150 valence electrons. The van der Waals surface area contributed by atoms with Crippen LogP contribution in [0.3, 0.4) is 0 Å². The first-order chi connectivity index (χ1) is 13.5. The van der Waals surface area contributed by atoms with Gasteiger partial charge < -0.3 is 10.1 Å². The number of methoxy groups -OCH3 is 1. The molecule has 7 nitrogen and oxygen atoms in total. The molecule has 1 aliphatic rings. The van der Waals surface area contributed by atoms with E-state index >= 15 is 0 Å². The number of benzene rings is 1. The number of hydrogen-bond donors (Lipinski definition) is 1. The number of sulfonamides is 1. The minimum absolute atomic E-state index is 0.141. The van der Waals surface area contributed by atoms with Crippen LogP contribution in [-0.4, -0.2) is 43.3 Å². The van der Waals surface area contributed by atoms with Gasteiger partial charge in [-0.3, -0.25) is 9.78 Å². The Morgan fingerprint density at radius 3 is 2.68 bits per heavy atom. The van der Waals surface area contributed by atoms with Crippen molar-refractivity contribution in [1.29, 1.82) is 0 Å². The maximum atomic E-state index is 13.1. The average Bonchev–Trinajstić information content (AvgIpc) is 2.73. The van der Waals surface area contributed by atoms with Gasteiger partial charge in [0, 0.05) is 25.2 Å². The lowest BCUT2D eigenvalue weighted by molar-refractivity contribution is -0.122. The smallest absolute Gasteiger partial charge is 0.243 e. The zero-order valence-electron chi connectivity index (χ0n) is 15.9. The highest BCUT2D eigenvalue weighted by atomic mass is 32.2. The fourth-order valence-electron chi connectivity index (χ4n) is 3.36. The largest absolute Gasteiger partial charge is 0.497 e. The second kappa shape index (κ2) is 9.16. The van der Waals surface area contributed by atoms with Crippen molar-refractivity contribution in [3.05, 3.63) is 54.4 Å². The Hall–Kier alpha value is -2.45. The van der Waals surface area contributed by atoms with E-state index in [1.807, 2.05) is 18.2 Å². The lowest BCUT2D eigenvalue weighted by Crippen LogP contribution is -2.45. The number of carbonyl (C=O) groups excluding carboxylic acids is 1. The van der Waals surface area contributed by atoms with E-state index in [1.54, 1.807) is 30.5 Å². The third-order valence-electron chi connectivity index (χ3n) is 4.85. The number of piperidine rings is 1. The molecule has 2 heterocycles. The van der Waals surface area contributed by atoms with Crippen molar-refractivity contribution in [2.75, 3.05) is 13.7 Å². The third-order valence-corrected chi connectivity index (χ3v) is 6.82. The van der Waals surface area contributed by atoms with Crippen LogP contribution in [0.4, 0.5) is 0 Å². The highest BCUT2D eigenvalue weighted by Crippen LogP contribution is 2.28. The molecule has 1 saturated heterocycles. The molecule has 1 amide bonds. The highest BCUT2D eigenvalue weighted by molar-refractivity contribution is 7.89. The first-order valence-corrected chi connectivity index (χ1v) is 10.8. The lowest BCUT2D eigenvalue weighted by Gasteiger charge is -2.34. The molecule has 1 aromatic heterocycles. The summed E-state index contributed by atoms with van der Waals surface area (Å²) in [6.07, 6.45) is 4.19. The quantitative estimate of drug-likeness (QED) is 0.767. The number of amides is 1. The molecule has 8 heteroatoms. The molecule has 28 heavy (non-hydrogen) atoms. The molecule has 3 rings (SSSR count). The van der Waals surface area contributed by atoms with Crippen molar-refractivity contribution in [2.45, 2.75) is 43.2 Å². The summed E-state index contributed by atoms with van der Waals surface area (Å²) in [5.41, 5.74) is 0.766. The van der Waals surface area contributed by atoms with E-state index in [1.165, 1.54) is 11.4 Å².